The van der Waals surface area contributed by atoms with E-state index in [0.717, 1.165) is 32.6 Å². The van der Waals surface area contributed by atoms with Crippen molar-refractivity contribution < 1.29 is 4.79 Å². The van der Waals surface area contributed by atoms with Crippen molar-refractivity contribution in [2.75, 3.05) is 26.2 Å². The third-order valence-corrected chi connectivity index (χ3v) is 3.26. The molecule has 0 aliphatic carbocycles. The molecule has 2 rings (SSSR count). The molecular weight excluding hydrogens is 178 g/mol. The minimum atomic E-state index is 0.176. The molecule has 2 aliphatic heterocycles. The van der Waals surface area contributed by atoms with E-state index in [9.17, 15) is 4.79 Å². The minimum absolute atomic E-state index is 0.176. The molecule has 14 heavy (non-hydrogen) atoms. The standard InChI is InChI=1S/C10H19N3O/c1-7-4-12-6-9(7)10(14)13-8-2-3-11-5-8/h7-9,11-12H,2-6H2,1H3,(H,13,14). The van der Waals surface area contributed by atoms with E-state index in [1.54, 1.807) is 0 Å². The summed E-state index contributed by atoms with van der Waals surface area (Å²) >= 11 is 0. The van der Waals surface area contributed by atoms with Crippen molar-refractivity contribution in [2.24, 2.45) is 11.8 Å². The molecule has 4 nitrogen and oxygen atoms in total. The van der Waals surface area contributed by atoms with E-state index in [0.29, 0.717) is 12.0 Å². The van der Waals surface area contributed by atoms with Crippen molar-refractivity contribution in [1.29, 1.82) is 0 Å². The third kappa shape index (κ3) is 2.07. The van der Waals surface area contributed by atoms with Crippen LogP contribution in [-0.2, 0) is 4.79 Å². The van der Waals surface area contributed by atoms with E-state index in [-0.39, 0.29) is 11.8 Å². The molecular formula is C10H19N3O. The quantitative estimate of drug-likeness (QED) is 0.550. The van der Waals surface area contributed by atoms with E-state index in [2.05, 4.69) is 22.9 Å². The van der Waals surface area contributed by atoms with Crippen LogP contribution < -0.4 is 16.0 Å². The maximum atomic E-state index is 11.8. The van der Waals surface area contributed by atoms with Gasteiger partial charge < -0.3 is 16.0 Å². The molecule has 0 bridgehead atoms. The van der Waals surface area contributed by atoms with Crippen LogP contribution in [0.4, 0.5) is 0 Å². The SMILES string of the molecule is CC1CNCC1C(=O)NC1CCNC1. The first-order chi connectivity index (χ1) is 6.77. The first kappa shape index (κ1) is 9.93. The van der Waals surface area contributed by atoms with Crippen molar-refractivity contribution >= 4 is 5.91 Å². The Bertz CT molecular complexity index is 213. The van der Waals surface area contributed by atoms with E-state index in [1.165, 1.54) is 0 Å². The lowest BCUT2D eigenvalue weighted by molar-refractivity contribution is -0.126. The van der Waals surface area contributed by atoms with Gasteiger partial charge in [0.2, 0.25) is 5.91 Å². The molecule has 3 atom stereocenters. The number of carbonyl (C=O) groups is 1. The summed E-state index contributed by atoms with van der Waals surface area (Å²) in [5, 5.41) is 9.61. The molecule has 0 radical (unpaired) electrons. The first-order valence-electron chi connectivity index (χ1n) is 5.49. The van der Waals surface area contributed by atoms with E-state index in [4.69, 9.17) is 0 Å². The molecule has 2 fully saturated rings. The Balaban J connectivity index is 1.82. The Labute approximate surface area is 84.8 Å². The predicted octanol–water partition coefficient (Wildman–Crippen LogP) is -0.680. The number of carbonyl (C=O) groups excluding carboxylic acids is 1. The monoisotopic (exact) mass is 197 g/mol. The van der Waals surface area contributed by atoms with Gasteiger partial charge in [-0.25, -0.2) is 0 Å². The topological polar surface area (TPSA) is 53.2 Å². The Morgan fingerprint density at radius 1 is 1.29 bits per heavy atom. The lowest BCUT2D eigenvalue weighted by Gasteiger charge is -2.17. The number of amides is 1. The van der Waals surface area contributed by atoms with Crippen LogP contribution in [0, 0.1) is 11.8 Å². The molecule has 80 valence electrons. The van der Waals surface area contributed by atoms with Crippen LogP contribution >= 0.6 is 0 Å². The average Bonchev–Trinajstić information content (AvgIpc) is 2.75. The van der Waals surface area contributed by atoms with Crippen LogP contribution in [-0.4, -0.2) is 38.1 Å². The number of hydrogen-bond donors (Lipinski definition) is 3. The fourth-order valence-electron chi connectivity index (χ4n) is 2.25. The van der Waals surface area contributed by atoms with Gasteiger partial charge in [0.05, 0.1) is 5.92 Å². The first-order valence-corrected chi connectivity index (χ1v) is 5.49. The molecule has 3 unspecified atom stereocenters. The van der Waals surface area contributed by atoms with E-state index in [1.807, 2.05) is 0 Å². The van der Waals surface area contributed by atoms with Crippen molar-refractivity contribution in [2.45, 2.75) is 19.4 Å². The Hall–Kier alpha value is -0.610. The van der Waals surface area contributed by atoms with Crippen molar-refractivity contribution in [3.63, 3.8) is 0 Å². The summed E-state index contributed by atoms with van der Waals surface area (Å²) in [4.78, 5) is 11.8. The van der Waals surface area contributed by atoms with Gasteiger partial charge in [-0.15, -0.1) is 0 Å². The highest BCUT2D eigenvalue weighted by Crippen LogP contribution is 2.16. The number of hydrogen-bond acceptors (Lipinski definition) is 3. The average molecular weight is 197 g/mol. The molecule has 1 amide bonds. The molecule has 0 aromatic heterocycles. The van der Waals surface area contributed by atoms with Crippen molar-refractivity contribution in [3.8, 4) is 0 Å². The summed E-state index contributed by atoms with van der Waals surface area (Å²) in [6.07, 6.45) is 1.07. The predicted molar refractivity (Wildman–Crippen MR) is 54.9 cm³/mol. The molecule has 4 heteroatoms. The summed E-state index contributed by atoms with van der Waals surface area (Å²) in [5.41, 5.74) is 0. The second-order valence-corrected chi connectivity index (χ2v) is 4.44. The molecule has 2 saturated heterocycles. The summed E-state index contributed by atoms with van der Waals surface area (Å²) in [6.45, 7) is 5.91. The Kier molecular flexibility index (Phi) is 3.03. The third-order valence-electron chi connectivity index (χ3n) is 3.26. The van der Waals surface area contributed by atoms with Crippen LogP contribution in [0.25, 0.3) is 0 Å². The lowest BCUT2D eigenvalue weighted by atomic mass is 9.97. The second-order valence-electron chi connectivity index (χ2n) is 4.44. The largest absolute Gasteiger partial charge is 0.352 e. The van der Waals surface area contributed by atoms with Gasteiger partial charge in [0, 0.05) is 19.1 Å². The van der Waals surface area contributed by atoms with Crippen molar-refractivity contribution in [1.82, 2.24) is 16.0 Å². The molecule has 2 heterocycles. The highest BCUT2D eigenvalue weighted by Gasteiger charge is 2.30. The molecule has 0 spiro atoms. The zero-order chi connectivity index (χ0) is 9.97. The van der Waals surface area contributed by atoms with Gasteiger partial charge in [0.15, 0.2) is 0 Å². The number of nitrogens with one attached hydrogen (secondary N) is 3. The zero-order valence-electron chi connectivity index (χ0n) is 8.68. The fourth-order valence-corrected chi connectivity index (χ4v) is 2.25. The Morgan fingerprint density at radius 2 is 2.14 bits per heavy atom. The minimum Gasteiger partial charge on any atom is -0.352 e. The number of rotatable bonds is 2. The highest BCUT2D eigenvalue weighted by atomic mass is 16.2. The summed E-state index contributed by atoms with van der Waals surface area (Å²) in [6, 6.07) is 0.357. The summed E-state index contributed by atoms with van der Waals surface area (Å²) < 4.78 is 0. The van der Waals surface area contributed by atoms with Gasteiger partial charge >= 0.3 is 0 Å². The molecule has 2 aliphatic rings. The van der Waals surface area contributed by atoms with Crippen molar-refractivity contribution in [3.05, 3.63) is 0 Å². The molecule has 0 aromatic rings. The van der Waals surface area contributed by atoms with Gasteiger partial charge in [0.25, 0.3) is 0 Å². The van der Waals surface area contributed by atoms with E-state index >= 15 is 0 Å². The van der Waals surface area contributed by atoms with Gasteiger partial charge in [-0.3, -0.25) is 4.79 Å². The lowest BCUT2D eigenvalue weighted by Crippen LogP contribution is -2.41. The van der Waals surface area contributed by atoms with E-state index < -0.39 is 0 Å². The van der Waals surface area contributed by atoms with Crippen LogP contribution in [0.1, 0.15) is 13.3 Å². The Morgan fingerprint density at radius 3 is 2.71 bits per heavy atom. The van der Waals surface area contributed by atoms with Gasteiger partial charge in [0.1, 0.15) is 0 Å². The fraction of sp³-hybridized carbons (Fsp3) is 0.900. The van der Waals surface area contributed by atoms with Crippen LogP contribution in [0.3, 0.4) is 0 Å². The summed E-state index contributed by atoms with van der Waals surface area (Å²) in [5.74, 6) is 0.885. The molecule has 0 saturated carbocycles. The maximum absolute atomic E-state index is 11.8. The normalized spacial score (nSPS) is 37.4. The maximum Gasteiger partial charge on any atom is 0.224 e. The van der Waals surface area contributed by atoms with Gasteiger partial charge in [-0.1, -0.05) is 6.92 Å². The highest BCUT2D eigenvalue weighted by molar-refractivity contribution is 5.79. The summed E-state index contributed by atoms with van der Waals surface area (Å²) in [7, 11) is 0. The zero-order valence-corrected chi connectivity index (χ0v) is 8.68. The van der Waals surface area contributed by atoms with Crippen LogP contribution in [0.5, 0.6) is 0 Å². The van der Waals surface area contributed by atoms with Crippen LogP contribution in [0.15, 0.2) is 0 Å². The second kappa shape index (κ2) is 4.28. The van der Waals surface area contributed by atoms with Crippen LogP contribution in [0.2, 0.25) is 0 Å². The van der Waals surface area contributed by atoms with Gasteiger partial charge in [-0.05, 0) is 25.4 Å². The molecule has 0 aromatic carbocycles. The molecule has 3 N–H and O–H groups in total. The van der Waals surface area contributed by atoms with Gasteiger partial charge in [-0.2, -0.15) is 0 Å². The smallest absolute Gasteiger partial charge is 0.224 e.